The van der Waals surface area contributed by atoms with Crippen molar-refractivity contribution in [2.45, 2.75) is 12.4 Å². The molecule has 2 aromatic rings. The lowest BCUT2D eigenvalue weighted by Gasteiger charge is -2.21. The second-order valence-electron chi connectivity index (χ2n) is 4.47. The number of anilines is 1. The summed E-state index contributed by atoms with van der Waals surface area (Å²) >= 11 is 5.80. The lowest BCUT2D eigenvalue weighted by Crippen LogP contribution is -2.16. The number of rotatable bonds is 5. The molecule has 3 heteroatoms. The molecule has 0 N–H and O–H groups in total. The Morgan fingerprint density at radius 1 is 1.05 bits per heavy atom. The van der Waals surface area contributed by atoms with E-state index in [2.05, 4.69) is 42.3 Å². The molecule has 0 aliphatic heterocycles. The van der Waals surface area contributed by atoms with E-state index in [1.54, 1.807) is 7.11 Å². The Hall–Kier alpha value is -1.67. The van der Waals surface area contributed by atoms with Gasteiger partial charge in [0.25, 0.3) is 0 Å². The maximum absolute atomic E-state index is 5.80. The molecule has 0 spiro atoms. The molecule has 2 aromatic carbocycles. The Kier molecular flexibility index (Phi) is 4.69. The summed E-state index contributed by atoms with van der Waals surface area (Å²) in [4.78, 5) is 2.19. The van der Waals surface area contributed by atoms with E-state index in [4.69, 9.17) is 16.3 Å². The molecule has 0 fully saturated rings. The maximum atomic E-state index is 5.80. The number of hydrogen-bond donors (Lipinski definition) is 0. The molecule has 0 aliphatic rings. The molecule has 0 amide bonds. The summed E-state index contributed by atoms with van der Waals surface area (Å²) in [6.07, 6.45) is 0. The minimum Gasteiger partial charge on any atom is -0.496 e. The van der Waals surface area contributed by atoms with E-state index in [1.165, 1.54) is 11.3 Å². The predicted octanol–water partition coefficient (Wildman–Crippen LogP) is 4.07. The van der Waals surface area contributed by atoms with Crippen molar-refractivity contribution in [2.75, 3.05) is 19.1 Å². The van der Waals surface area contributed by atoms with Gasteiger partial charge in [0.05, 0.1) is 7.11 Å². The second-order valence-corrected chi connectivity index (χ2v) is 4.74. The quantitative estimate of drug-likeness (QED) is 0.763. The smallest absolute Gasteiger partial charge is 0.123 e. The predicted molar refractivity (Wildman–Crippen MR) is 81.1 cm³/mol. The van der Waals surface area contributed by atoms with Crippen molar-refractivity contribution >= 4 is 17.3 Å². The molecule has 0 saturated heterocycles. The highest BCUT2D eigenvalue weighted by Gasteiger charge is 2.06. The summed E-state index contributed by atoms with van der Waals surface area (Å²) < 4.78 is 5.37. The Morgan fingerprint density at radius 2 is 1.74 bits per heavy atom. The van der Waals surface area contributed by atoms with Gasteiger partial charge in [-0.15, -0.1) is 11.6 Å². The van der Waals surface area contributed by atoms with Crippen molar-refractivity contribution in [1.29, 1.82) is 0 Å². The number of ether oxygens (including phenoxy) is 1. The van der Waals surface area contributed by atoms with Gasteiger partial charge in [-0.1, -0.05) is 30.3 Å². The standard InChI is InChI=1S/C16H18ClNO/c1-18(15-9-7-13(11-17)8-10-15)12-14-5-3-4-6-16(14)19-2/h3-10H,11-12H2,1-2H3. The molecule has 0 atom stereocenters. The highest BCUT2D eigenvalue weighted by atomic mass is 35.5. The topological polar surface area (TPSA) is 12.5 Å². The van der Waals surface area contributed by atoms with E-state index in [-0.39, 0.29) is 0 Å². The van der Waals surface area contributed by atoms with Crippen LogP contribution < -0.4 is 9.64 Å². The molecule has 0 unspecified atom stereocenters. The van der Waals surface area contributed by atoms with E-state index in [0.29, 0.717) is 5.88 Å². The Balaban J connectivity index is 2.13. The Labute approximate surface area is 119 Å². The third-order valence-electron chi connectivity index (χ3n) is 3.13. The zero-order chi connectivity index (χ0) is 13.7. The number of para-hydroxylation sites is 1. The van der Waals surface area contributed by atoms with Gasteiger partial charge in [0.15, 0.2) is 0 Å². The van der Waals surface area contributed by atoms with Crippen molar-refractivity contribution in [3.8, 4) is 5.75 Å². The molecular weight excluding hydrogens is 258 g/mol. The fraction of sp³-hybridized carbons (Fsp3) is 0.250. The SMILES string of the molecule is COc1ccccc1CN(C)c1ccc(CCl)cc1. The number of hydrogen-bond acceptors (Lipinski definition) is 2. The van der Waals surface area contributed by atoms with Gasteiger partial charge in [-0.2, -0.15) is 0 Å². The third kappa shape index (κ3) is 3.42. The van der Waals surface area contributed by atoms with Gasteiger partial charge in [0, 0.05) is 30.7 Å². The van der Waals surface area contributed by atoms with Crippen LogP contribution in [-0.2, 0) is 12.4 Å². The molecule has 19 heavy (non-hydrogen) atoms. The number of halogens is 1. The highest BCUT2D eigenvalue weighted by molar-refractivity contribution is 6.17. The van der Waals surface area contributed by atoms with Gasteiger partial charge in [-0.3, -0.25) is 0 Å². The van der Waals surface area contributed by atoms with E-state index in [0.717, 1.165) is 17.9 Å². The van der Waals surface area contributed by atoms with Crippen molar-refractivity contribution < 1.29 is 4.74 Å². The Morgan fingerprint density at radius 3 is 2.37 bits per heavy atom. The van der Waals surface area contributed by atoms with Crippen LogP contribution in [0.25, 0.3) is 0 Å². The zero-order valence-electron chi connectivity index (χ0n) is 11.3. The van der Waals surface area contributed by atoms with Crippen molar-refractivity contribution in [1.82, 2.24) is 0 Å². The molecule has 100 valence electrons. The summed E-state index contributed by atoms with van der Waals surface area (Å²) in [5, 5.41) is 0. The van der Waals surface area contributed by atoms with Gasteiger partial charge in [-0.25, -0.2) is 0 Å². The van der Waals surface area contributed by atoms with Gasteiger partial charge in [0.1, 0.15) is 5.75 Å². The zero-order valence-corrected chi connectivity index (χ0v) is 12.0. The number of methoxy groups -OCH3 is 1. The average molecular weight is 276 g/mol. The molecule has 2 rings (SSSR count). The van der Waals surface area contributed by atoms with Gasteiger partial charge in [-0.05, 0) is 23.8 Å². The molecule has 0 aromatic heterocycles. The summed E-state index contributed by atoms with van der Waals surface area (Å²) in [5.41, 5.74) is 3.48. The third-order valence-corrected chi connectivity index (χ3v) is 3.44. The van der Waals surface area contributed by atoms with Crippen LogP contribution in [0.5, 0.6) is 5.75 Å². The normalized spacial score (nSPS) is 10.3. The van der Waals surface area contributed by atoms with Gasteiger partial charge >= 0.3 is 0 Å². The number of nitrogens with zero attached hydrogens (tertiary/aromatic N) is 1. The first-order valence-corrected chi connectivity index (χ1v) is 6.76. The van der Waals surface area contributed by atoms with Crippen LogP contribution in [0.4, 0.5) is 5.69 Å². The fourth-order valence-electron chi connectivity index (χ4n) is 2.02. The summed E-state index contributed by atoms with van der Waals surface area (Å²) in [5.74, 6) is 1.47. The van der Waals surface area contributed by atoms with Crippen molar-refractivity contribution in [3.63, 3.8) is 0 Å². The minimum absolute atomic E-state index is 0.552. The first-order chi connectivity index (χ1) is 9.24. The molecule has 2 nitrogen and oxygen atoms in total. The van der Waals surface area contributed by atoms with E-state index >= 15 is 0 Å². The second kappa shape index (κ2) is 6.48. The van der Waals surface area contributed by atoms with Crippen molar-refractivity contribution in [2.24, 2.45) is 0 Å². The van der Waals surface area contributed by atoms with Crippen LogP contribution in [-0.4, -0.2) is 14.2 Å². The summed E-state index contributed by atoms with van der Waals surface area (Å²) in [6, 6.07) is 16.4. The van der Waals surface area contributed by atoms with Crippen LogP contribution in [0.3, 0.4) is 0 Å². The summed E-state index contributed by atoms with van der Waals surface area (Å²) in [7, 11) is 3.77. The lowest BCUT2D eigenvalue weighted by atomic mass is 10.1. The first kappa shape index (κ1) is 13.8. The van der Waals surface area contributed by atoms with Gasteiger partial charge in [0.2, 0.25) is 0 Å². The number of alkyl halides is 1. The van der Waals surface area contributed by atoms with E-state index < -0.39 is 0 Å². The van der Waals surface area contributed by atoms with Crippen LogP contribution >= 0.6 is 11.6 Å². The van der Waals surface area contributed by atoms with Crippen LogP contribution in [0.2, 0.25) is 0 Å². The molecule has 0 heterocycles. The Bertz CT molecular complexity index is 525. The van der Waals surface area contributed by atoms with Gasteiger partial charge < -0.3 is 9.64 Å². The van der Waals surface area contributed by atoms with Crippen LogP contribution in [0.15, 0.2) is 48.5 Å². The van der Waals surface area contributed by atoms with E-state index in [9.17, 15) is 0 Å². The largest absolute Gasteiger partial charge is 0.496 e. The summed E-state index contributed by atoms with van der Waals surface area (Å²) in [6.45, 7) is 0.810. The minimum atomic E-state index is 0.552. The lowest BCUT2D eigenvalue weighted by molar-refractivity contribution is 0.409. The highest BCUT2D eigenvalue weighted by Crippen LogP contribution is 2.22. The molecule has 0 saturated carbocycles. The maximum Gasteiger partial charge on any atom is 0.123 e. The number of benzene rings is 2. The van der Waals surface area contributed by atoms with Crippen LogP contribution in [0.1, 0.15) is 11.1 Å². The molecule has 0 aliphatic carbocycles. The van der Waals surface area contributed by atoms with Crippen molar-refractivity contribution in [3.05, 3.63) is 59.7 Å². The van der Waals surface area contributed by atoms with Crippen LogP contribution in [0, 0.1) is 0 Å². The average Bonchev–Trinajstić information content (AvgIpc) is 2.48. The van der Waals surface area contributed by atoms with E-state index in [1.807, 2.05) is 18.2 Å². The molecular formula is C16H18ClNO. The monoisotopic (exact) mass is 275 g/mol. The first-order valence-electron chi connectivity index (χ1n) is 6.22. The molecule has 0 radical (unpaired) electrons. The molecule has 0 bridgehead atoms. The fourth-order valence-corrected chi connectivity index (χ4v) is 2.20.